The number of halogens is 1. The second-order valence-electron chi connectivity index (χ2n) is 4.94. The Morgan fingerprint density at radius 2 is 1.59 bits per heavy atom. The predicted octanol–water partition coefficient (Wildman–Crippen LogP) is 3.24. The quantitative estimate of drug-likeness (QED) is 0.355. The summed E-state index contributed by atoms with van der Waals surface area (Å²) in [6.45, 7) is 7.50. The molecule has 4 N–H and O–H groups in total. The minimum atomic E-state index is -0.372. The van der Waals surface area contributed by atoms with E-state index >= 15 is 0 Å². The van der Waals surface area contributed by atoms with Crippen LogP contribution in [0.2, 0.25) is 0 Å². The van der Waals surface area contributed by atoms with Crippen molar-refractivity contribution in [2.24, 2.45) is 0 Å². The molecule has 0 spiro atoms. The number of pyridine rings is 2. The molecule has 0 aliphatic rings. The standard InChI is InChI=1S/C10H12N2O2.C5H5IN2.C5H8O2/c1-2-14-10(13)4-3-8-5-6-12-7-9(8)11;6-4-1-2-8-3-5(4)7;1-3-5(6)7-4-2/h3-7H,2,11H2,1H3;1-3H,7H2;3H,1,4H2,2H3/b4-3+;;. The third-order valence-corrected chi connectivity index (χ3v) is 3.80. The monoisotopic (exact) mass is 512 g/mol. The van der Waals surface area contributed by atoms with Crippen molar-refractivity contribution in [3.63, 3.8) is 0 Å². The number of esters is 2. The molecule has 0 radical (unpaired) electrons. The van der Waals surface area contributed by atoms with Crippen molar-refractivity contribution in [3.05, 3.63) is 64.8 Å². The molecule has 2 heterocycles. The number of carbonyl (C=O) groups excluding carboxylic acids is 2. The van der Waals surface area contributed by atoms with Crippen molar-refractivity contribution in [3.8, 4) is 0 Å². The van der Waals surface area contributed by atoms with E-state index in [1.54, 1.807) is 44.6 Å². The van der Waals surface area contributed by atoms with E-state index in [-0.39, 0.29) is 11.9 Å². The lowest BCUT2D eigenvalue weighted by molar-refractivity contribution is -0.138. The molecule has 0 aliphatic heterocycles. The fourth-order valence-electron chi connectivity index (χ4n) is 1.51. The van der Waals surface area contributed by atoms with Crippen LogP contribution in [-0.4, -0.2) is 35.1 Å². The Morgan fingerprint density at radius 1 is 1.03 bits per heavy atom. The van der Waals surface area contributed by atoms with Crippen LogP contribution in [0.15, 0.2) is 55.7 Å². The Kier molecular flexibility index (Phi) is 14.4. The highest BCUT2D eigenvalue weighted by molar-refractivity contribution is 14.1. The molecule has 0 bridgehead atoms. The van der Waals surface area contributed by atoms with Crippen molar-refractivity contribution in [2.75, 3.05) is 24.7 Å². The summed E-state index contributed by atoms with van der Waals surface area (Å²) in [5.74, 6) is -0.730. The summed E-state index contributed by atoms with van der Waals surface area (Å²) in [6, 6.07) is 3.60. The van der Waals surface area contributed by atoms with Gasteiger partial charge in [-0.15, -0.1) is 0 Å². The Bertz CT molecular complexity index is 792. The van der Waals surface area contributed by atoms with Crippen molar-refractivity contribution < 1.29 is 19.1 Å². The maximum Gasteiger partial charge on any atom is 0.330 e. The van der Waals surface area contributed by atoms with Gasteiger partial charge in [-0.05, 0) is 54.6 Å². The highest BCUT2D eigenvalue weighted by atomic mass is 127. The van der Waals surface area contributed by atoms with E-state index in [4.69, 9.17) is 16.2 Å². The van der Waals surface area contributed by atoms with Crippen molar-refractivity contribution in [2.45, 2.75) is 13.8 Å². The molecule has 9 heteroatoms. The van der Waals surface area contributed by atoms with Crippen LogP contribution < -0.4 is 11.5 Å². The third-order valence-electron chi connectivity index (χ3n) is 2.82. The van der Waals surface area contributed by atoms with E-state index in [1.807, 2.05) is 6.07 Å². The molecule has 0 unspecified atom stereocenters. The van der Waals surface area contributed by atoms with Crippen LogP contribution >= 0.6 is 22.6 Å². The molecule has 0 saturated carbocycles. The number of anilines is 2. The normalized spacial score (nSPS) is 9.34. The van der Waals surface area contributed by atoms with Gasteiger partial charge < -0.3 is 20.9 Å². The number of aromatic nitrogens is 2. The first-order valence-electron chi connectivity index (χ1n) is 8.54. The topological polar surface area (TPSA) is 130 Å². The van der Waals surface area contributed by atoms with Gasteiger partial charge >= 0.3 is 11.9 Å². The molecule has 2 aromatic rings. The molecule has 29 heavy (non-hydrogen) atoms. The molecule has 2 aromatic heterocycles. The minimum absolute atomic E-state index is 0.359. The highest BCUT2D eigenvalue weighted by Gasteiger charge is 1.96. The third kappa shape index (κ3) is 13.0. The van der Waals surface area contributed by atoms with Crippen molar-refractivity contribution in [1.82, 2.24) is 9.97 Å². The Balaban J connectivity index is 0.000000444. The van der Waals surface area contributed by atoms with Crippen LogP contribution in [0.3, 0.4) is 0 Å². The van der Waals surface area contributed by atoms with Gasteiger partial charge in [0.1, 0.15) is 0 Å². The number of hydrogen-bond donors (Lipinski definition) is 2. The Morgan fingerprint density at radius 3 is 2.00 bits per heavy atom. The van der Waals surface area contributed by atoms with Gasteiger partial charge in [-0.1, -0.05) is 6.58 Å². The van der Waals surface area contributed by atoms with Crippen molar-refractivity contribution in [1.29, 1.82) is 0 Å². The summed E-state index contributed by atoms with van der Waals surface area (Å²) in [7, 11) is 0. The maximum absolute atomic E-state index is 11.0. The summed E-state index contributed by atoms with van der Waals surface area (Å²) < 4.78 is 10.2. The molecule has 0 saturated heterocycles. The molecule has 156 valence electrons. The van der Waals surface area contributed by atoms with Gasteiger partial charge in [-0.3, -0.25) is 9.97 Å². The summed E-state index contributed by atoms with van der Waals surface area (Å²) >= 11 is 2.16. The maximum atomic E-state index is 11.0. The van der Waals surface area contributed by atoms with E-state index < -0.39 is 0 Å². The molecular formula is C20H25IN4O4. The van der Waals surface area contributed by atoms with Gasteiger partial charge in [0.15, 0.2) is 0 Å². The Labute approximate surface area is 184 Å². The lowest BCUT2D eigenvalue weighted by Crippen LogP contribution is -1.99. The highest BCUT2D eigenvalue weighted by Crippen LogP contribution is 2.10. The van der Waals surface area contributed by atoms with Crippen LogP contribution in [0.1, 0.15) is 19.4 Å². The average Bonchev–Trinajstić information content (AvgIpc) is 2.71. The fraction of sp³-hybridized carbons (Fsp3) is 0.200. The average molecular weight is 512 g/mol. The summed E-state index contributed by atoms with van der Waals surface area (Å²) in [6.07, 6.45) is 10.6. The molecule has 0 amide bonds. The minimum Gasteiger partial charge on any atom is -0.463 e. The number of nitrogens with zero attached hydrogens (tertiary/aromatic N) is 2. The van der Waals surface area contributed by atoms with Crippen LogP contribution in [0.4, 0.5) is 11.4 Å². The number of ether oxygens (including phenoxy) is 2. The summed E-state index contributed by atoms with van der Waals surface area (Å²) in [5.41, 5.74) is 13.1. The fourth-order valence-corrected chi connectivity index (χ4v) is 1.81. The van der Waals surface area contributed by atoms with Crippen LogP contribution in [-0.2, 0) is 19.1 Å². The molecule has 2 rings (SSSR count). The van der Waals surface area contributed by atoms with Crippen LogP contribution in [0.5, 0.6) is 0 Å². The van der Waals surface area contributed by atoms with Gasteiger partial charge in [0.25, 0.3) is 0 Å². The van der Waals surface area contributed by atoms with Gasteiger partial charge in [0.2, 0.25) is 0 Å². The van der Waals surface area contributed by atoms with Gasteiger partial charge in [0, 0.05) is 33.7 Å². The number of carbonyl (C=O) groups is 2. The number of nitrogens with two attached hydrogens (primary N) is 2. The molecule has 0 fully saturated rings. The molecule has 8 nitrogen and oxygen atoms in total. The second-order valence-corrected chi connectivity index (χ2v) is 6.11. The van der Waals surface area contributed by atoms with Gasteiger partial charge in [-0.2, -0.15) is 0 Å². The van der Waals surface area contributed by atoms with Crippen molar-refractivity contribution >= 4 is 52.0 Å². The lowest BCUT2D eigenvalue weighted by Gasteiger charge is -1.98. The Hall–Kier alpha value is -2.95. The molecule has 0 aliphatic carbocycles. The molecule has 0 atom stereocenters. The van der Waals surface area contributed by atoms with Gasteiger partial charge in [0.05, 0.1) is 37.0 Å². The van der Waals surface area contributed by atoms with E-state index in [0.29, 0.717) is 18.9 Å². The van der Waals surface area contributed by atoms with Gasteiger partial charge in [-0.25, -0.2) is 9.59 Å². The summed E-state index contributed by atoms with van der Waals surface area (Å²) in [5, 5.41) is 0. The lowest BCUT2D eigenvalue weighted by atomic mass is 10.2. The zero-order valence-corrected chi connectivity index (χ0v) is 18.5. The van der Waals surface area contributed by atoms with E-state index in [0.717, 1.165) is 20.9 Å². The first-order chi connectivity index (χ1) is 13.8. The zero-order chi connectivity index (χ0) is 22.1. The van der Waals surface area contributed by atoms with E-state index in [1.165, 1.54) is 12.3 Å². The molecular weight excluding hydrogens is 487 g/mol. The van der Waals surface area contributed by atoms with Crippen LogP contribution in [0, 0.1) is 3.57 Å². The van der Waals surface area contributed by atoms with E-state index in [2.05, 4.69) is 43.9 Å². The largest absolute Gasteiger partial charge is 0.463 e. The van der Waals surface area contributed by atoms with E-state index in [9.17, 15) is 9.59 Å². The van der Waals surface area contributed by atoms with Crippen LogP contribution in [0.25, 0.3) is 6.08 Å². The summed E-state index contributed by atoms with van der Waals surface area (Å²) in [4.78, 5) is 28.7. The smallest absolute Gasteiger partial charge is 0.330 e. The predicted molar refractivity (Wildman–Crippen MR) is 123 cm³/mol. The number of nitrogen functional groups attached to an aromatic ring is 2. The first-order valence-corrected chi connectivity index (χ1v) is 9.61. The number of hydrogen-bond acceptors (Lipinski definition) is 8. The number of rotatable bonds is 5. The SMILES string of the molecule is C=CC(=O)OCC.CCOC(=O)/C=C/c1ccncc1N.Nc1cnccc1I. The zero-order valence-electron chi connectivity index (χ0n) is 16.4. The second kappa shape index (κ2) is 16.0. The first kappa shape index (κ1) is 26.1. The molecule has 0 aromatic carbocycles.